The first-order valence-electron chi connectivity index (χ1n) is 3.07. The minimum Gasteiger partial charge on any atom is -0.356 e. The minimum absolute atomic E-state index is 0.345. The van der Waals surface area contributed by atoms with Gasteiger partial charge in [-0.3, -0.25) is 0 Å². The van der Waals surface area contributed by atoms with Crippen molar-refractivity contribution < 1.29 is 4.74 Å². The van der Waals surface area contributed by atoms with Crippen LogP contribution in [0.4, 0.5) is 0 Å². The molecule has 0 unspecified atom stereocenters. The monoisotopic (exact) mass is 135 g/mol. The summed E-state index contributed by atoms with van der Waals surface area (Å²) in [5.41, 5.74) is 0. The van der Waals surface area contributed by atoms with Crippen molar-refractivity contribution in [2.75, 3.05) is 13.2 Å². The highest BCUT2D eigenvalue weighted by Gasteiger charge is 1.81. The Bertz CT molecular complexity index is 163. The second-order valence-electron chi connectivity index (χ2n) is 2.00. The zero-order valence-corrected chi connectivity index (χ0v) is 6.40. The zero-order valence-electron chi connectivity index (χ0n) is 6.40. The summed E-state index contributed by atoms with van der Waals surface area (Å²) in [6.07, 6.45) is 4.94. The first-order chi connectivity index (χ1) is 4.77. The Morgan fingerprint density at radius 3 is 2.60 bits per heavy atom. The summed E-state index contributed by atoms with van der Waals surface area (Å²) >= 11 is 0. The molecule has 0 fully saturated rings. The van der Waals surface area contributed by atoms with E-state index in [1.54, 1.807) is 0 Å². The van der Waals surface area contributed by atoms with E-state index in [9.17, 15) is 0 Å². The van der Waals surface area contributed by atoms with Crippen LogP contribution < -0.4 is 0 Å². The molecule has 0 bridgehead atoms. The Hall–Kier alpha value is -0.920. The normalized spacial score (nSPS) is 8.20. The van der Waals surface area contributed by atoms with Crippen molar-refractivity contribution in [2.24, 2.45) is 0 Å². The van der Waals surface area contributed by atoms with Crippen molar-refractivity contribution in [3.63, 3.8) is 0 Å². The summed E-state index contributed by atoms with van der Waals surface area (Å²) in [6, 6.07) is 0. The highest BCUT2D eigenvalue weighted by molar-refractivity contribution is 5.16. The number of terminal acetylenes is 1. The molecule has 53 valence electrons. The van der Waals surface area contributed by atoms with Crippen LogP contribution in [-0.2, 0) is 4.74 Å². The van der Waals surface area contributed by atoms with Crippen molar-refractivity contribution >= 4 is 0 Å². The van der Waals surface area contributed by atoms with Crippen molar-refractivity contribution in [1.29, 1.82) is 0 Å². The van der Waals surface area contributed by atoms with Crippen LogP contribution in [0.25, 0.3) is 0 Å². The minimum atomic E-state index is 0.345. The van der Waals surface area contributed by atoms with Crippen LogP contribution in [0.5, 0.6) is 0 Å². The van der Waals surface area contributed by atoms with Gasteiger partial charge in [-0.25, -0.2) is 0 Å². The quantitative estimate of drug-likeness (QED) is 0.409. The number of rotatable bonds is 2. The third-order valence-corrected chi connectivity index (χ3v) is 0.698. The Kier molecular flexibility index (Phi) is 5.63. The first kappa shape index (κ1) is 9.08. The van der Waals surface area contributed by atoms with Gasteiger partial charge in [0.15, 0.2) is 0 Å². The molecule has 0 aromatic carbocycles. The van der Waals surface area contributed by atoms with Gasteiger partial charge in [0, 0.05) is 5.92 Å². The average molecular weight is 135 g/mol. The third-order valence-electron chi connectivity index (χ3n) is 0.698. The molecule has 0 heterocycles. The molecule has 0 spiro atoms. The summed E-state index contributed by atoms with van der Waals surface area (Å²) in [4.78, 5) is 0. The van der Waals surface area contributed by atoms with E-state index in [1.807, 2.05) is 13.8 Å². The largest absolute Gasteiger partial charge is 0.356 e. The highest BCUT2D eigenvalue weighted by Crippen LogP contribution is 1.88. The maximum absolute atomic E-state index is 4.94. The second-order valence-corrected chi connectivity index (χ2v) is 2.00. The molecule has 0 atom stereocenters. The maximum Gasteiger partial charge on any atom is 0.109 e. The summed E-state index contributed by atoms with van der Waals surface area (Å²) in [5, 5.41) is 0. The van der Waals surface area contributed by atoms with Gasteiger partial charge >= 0.3 is 0 Å². The summed E-state index contributed by atoms with van der Waals surface area (Å²) < 4.78 is 4.91. The molecule has 0 saturated carbocycles. The molecule has 10 heavy (non-hydrogen) atoms. The van der Waals surface area contributed by atoms with Gasteiger partial charge in [-0.1, -0.05) is 17.8 Å². The molecule has 0 aliphatic carbocycles. The summed E-state index contributed by atoms with van der Waals surface area (Å²) in [5.74, 6) is 9.14. The molecule has 0 amide bonds. The molecule has 0 N–H and O–H groups in total. The van der Waals surface area contributed by atoms with E-state index in [0.29, 0.717) is 13.2 Å². The molecule has 0 saturated heterocycles. The SMILES string of the molecule is C#CCOCC#C[C](C)C. The maximum atomic E-state index is 4.94. The molecule has 1 heteroatoms. The molecule has 1 radical (unpaired) electrons. The lowest BCUT2D eigenvalue weighted by Gasteiger charge is -1.89. The van der Waals surface area contributed by atoms with Crippen LogP contribution >= 0.6 is 0 Å². The van der Waals surface area contributed by atoms with E-state index >= 15 is 0 Å². The lowest BCUT2D eigenvalue weighted by atomic mass is 10.2. The van der Waals surface area contributed by atoms with Gasteiger partial charge in [-0.2, -0.15) is 0 Å². The molecule has 0 aliphatic heterocycles. The second kappa shape index (κ2) is 6.20. The van der Waals surface area contributed by atoms with Crippen molar-refractivity contribution in [1.82, 2.24) is 0 Å². The zero-order chi connectivity index (χ0) is 7.82. The Balaban J connectivity index is 3.22. The van der Waals surface area contributed by atoms with Crippen molar-refractivity contribution in [3.8, 4) is 24.2 Å². The van der Waals surface area contributed by atoms with Gasteiger partial charge in [0.25, 0.3) is 0 Å². The highest BCUT2D eigenvalue weighted by atomic mass is 16.5. The van der Waals surface area contributed by atoms with Crippen molar-refractivity contribution in [3.05, 3.63) is 5.92 Å². The molecule has 1 nitrogen and oxygen atoms in total. The number of hydrogen-bond donors (Lipinski definition) is 0. The van der Waals surface area contributed by atoms with Crippen LogP contribution in [0.1, 0.15) is 13.8 Å². The first-order valence-corrected chi connectivity index (χ1v) is 3.07. The lowest BCUT2D eigenvalue weighted by Crippen LogP contribution is -1.90. The predicted octanol–water partition coefficient (Wildman–Crippen LogP) is 1.25. The fraction of sp³-hybridized carbons (Fsp3) is 0.444. The fourth-order valence-electron chi connectivity index (χ4n) is 0.374. The van der Waals surface area contributed by atoms with E-state index in [4.69, 9.17) is 11.2 Å². The van der Waals surface area contributed by atoms with Gasteiger partial charge in [-0.05, 0) is 13.8 Å². The van der Waals surface area contributed by atoms with Gasteiger partial charge in [0.05, 0.1) is 0 Å². The van der Waals surface area contributed by atoms with E-state index < -0.39 is 0 Å². The molecular weight excluding hydrogens is 124 g/mol. The van der Waals surface area contributed by atoms with Gasteiger partial charge in [0.2, 0.25) is 0 Å². The molecule has 0 aromatic rings. The van der Waals surface area contributed by atoms with Crippen molar-refractivity contribution in [2.45, 2.75) is 13.8 Å². The van der Waals surface area contributed by atoms with E-state index in [0.717, 1.165) is 5.92 Å². The number of ether oxygens (including phenoxy) is 1. The van der Waals surface area contributed by atoms with Gasteiger partial charge in [-0.15, -0.1) is 6.42 Å². The Morgan fingerprint density at radius 2 is 2.10 bits per heavy atom. The Morgan fingerprint density at radius 1 is 1.40 bits per heavy atom. The fourth-order valence-corrected chi connectivity index (χ4v) is 0.374. The van der Waals surface area contributed by atoms with Crippen LogP contribution in [-0.4, -0.2) is 13.2 Å². The van der Waals surface area contributed by atoms with Crippen LogP contribution in [0.2, 0.25) is 0 Å². The summed E-state index contributed by atoms with van der Waals surface area (Å²) in [7, 11) is 0. The third kappa shape index (κ3) is 7.08. The van der Waals surface area contributed by atoms with Gasteiger partial charge < -0.3 is 4.74 Å². The van der Waals surface area contributed by atoms with E-state index in [2.05, 4.69) is 17.8 Å². The number of hydrogen-bond acceptors (Lipinski definition) is 1. The molecule has 0 aromatic heterocycles. The lowest BCUT2D eigenvalue weighted by molar-refractivity contribution is 0.204. The molecule has 0 rings (SSSR count). The summed E-state index contributed by atoms with van der Waals surface area (Å²) in [6.45, 7) is 4.68. The Labute approximate surface area is 62.8 Å². The average Bonchev–Trinajstić information content (AvgIpc) is 1.87. The predicted molar refractivity (Wildman–Crippen MR) is 42.0 cm³/mol. The van der Waals surface area contributed by atoms with Crippen LogP contribution in [0, 0.1) is 30.1 Å². The van der Waals surface area contributed by atoms with E-state index in [-0.39, 0.29) is 0 Å². The smallest absolute Gasteiger partial charge is 0.109 e. The van der Waals surface area contributed by atoms with Crippen LogP contribution in [0.15, 0.2) is 0 Å². The van der Waals surface area contributed by atoms with E-state index in [1.165, 1.54) is 0 Å². The topological polar surface area (TPSA) is 9.23 Å². The van der Waals surface area contributed by atoms with Crippen LogP contribution in [0.3, 0.4) is 0 Å². The molecule has 0 aliphatic rings. The standard InChI is InChI=1S/C9H11O/c1-4-7-10-8-5-6-9(2)3/h1H,7-8H2,2-3H3. The molecular formula is C9H11O. The van der Waals surface area contributed by atoms with Gasteiger partial charge in [0.1, 0.15) is 13.2 Å².